The first kappa shape index (κ1) is 24.6. The Bertz CT molecular complexity index is 1280. The van der Waals surface area contributed by atoms with Crippen LogP contribution in [0.3, 0.4) is 0 Å². The van der Waals surface area contributed by atoms with E-state index in [-0.39, 0.29) is 40.7 Å². The summed E-state index contributed by atoms with van der Waals surface area (Å²) < 4.78 is 66.8. The van der Waals surface area contributed by atoms with Crippen molar-refractivity contribution in [3.8, 4) is 11.4 Å². The average Bonchev–Trinajstić information content (AvgIpc) is 2.77. The van der Waals surface area contributed by atoms with Crippen molar-refractivity contribution in [3.63, 3.8) is 0 Å². The molecule has 2 heterocycles. The molecule has 0 amide bonds. The quantitative estimate of drug-likeness (QED) is 0.498. The van der Waals surface area contributed by atoms with E-state index in [1.807, 2.05) is 0 Å². The lowest BCUT2D eigenvalue weighted by Crippen LogP contribution is -2.32. The van der Waals surface area contributed by atoms with Gasteiger partial charge in [-0.1, -0.05) is 6.92 Å². The molecule has 12 heteroatoms. The molecule has 1 unspecified atom stereocenters. The molecule has 0 aliphatic carbocycles. The van der Waals surface area contributed by atoms with E-state index in [9.17, 15) is 26.4 Å². The summed E-state index contributed by atoms with van der Waals surface area (Å²) in [5.41, 5.74) is 0.179. The van der Waals surface area contributed by atoms with Crippen LogP contribution in [0.25, 0.3) is 16.7 Å². The Labute approximate surface area is 188 Å². The van der Waals surface area contributed by atoms with E-state index in [2.05, 4.69) is 15.3 Å². The molecule has 2 aromatic heterocycles. The molecule has 1 aromatic carbocycles. The van der Waals surface area contributed by atoms with Crippen LogP contribution in [0.5, 0.6) is 5.75 Å². The van der Waals surface area contributed by atoms with Gasteiger partial charge in [0.2, 0.25) is 0 Å². The first-order valence-corrected chi connectivity index (χ1v) is 11.9. The van der Waals surface area contributed by atoms with Crippen LogP contribution in [0, 0.1) is 0 Å². The number of hydrogen-bond donors (Lipinski definition) is 1. The van der Waals surface area contributed by atoms with Gasteiger partial charge in [-0.25, -0.2) is 18.4 Å². The zero-order valence-corrected chi connectivity index (χ0v) is 18.8. The number of halogens is 3. The maximum atomic E-state index is 13.3. The summed E-state index contributed by atoms with van der Waals surface area (Å²) in [5, 5.41) is 3.32. The number of alkyl halides is 3. The molecule has 3 rings (SSSR count). The van der Waals surface area contributed by atoms with Crippen LogP contribution in [-0.2, 0) is 9.84 Å². The van der Waals surface area contributed by atoms with Crippen molar-refractivity contribution in [2.75, 3.05) is 24.7 Å². The molecule has 178 valence electrons. The largest absolute Gasteiger partial charge is 0.484 e. The topological polar surface area (TPSA) is 103 Å². The average molecular weight is 485 g/mol. The molecule has 0 fully saturated rings. The normalized spacial score (nSPS) is 13.2. The maximum Gasteiger partial charge on any atom is 0.422 e. The van der Waals surface area contributed by atoms with Crippen LogP contribution in [0.4, 0.5) is 13.2 Å². The van der Waals surface area contributed by atoms with E-state index in [0.717, 1.165) is 0 Å². The second-order valence-corrected chi connectivity index (χ2v) is 9.77. The summed E-state index contributed by atoms with van der Waals surface area (Å²) in [5.74, 6) is 0.227. The van der Waals surface area contributed by atoms with Gasteiger partial charge in [0.1, 0.15) is 11.6 Å². The van der Waals surface area contributed by atoms with Gasteiger partial charge in [-0.3, -0.25) is 9.36 Å². The van der Waals surface area contributed by atoms with E-state index >= 15 is 0 Å². The Kier molecular flexibility index (Phi) is 7.38. The summed E-state index contributed by atoms with van der Waals surface area (Å²) >= 11 is 0. The van der Waals surface area contributed by atoms with Crippen LogP contribution < -0.4 is 15.6 Å². The van der Waals surface area contributed by atoms with Gasteiger partial charge in [0.25, 0.3) is 5.56 Å². The van der Waals surface area contributed by atoms with Crippen LogP contribution in [0.2, 0.25) is 0 Å². The summed E-state index contributed by atoms with van der Waals surface area (Å²) in [6.45, 7) is 2.02. The third kappa shape index (κ3) is 6.29. The summed E-state index contributed by atoms with van der Waals surface area (Å²) in [7, 11) is -3.18. The summed E-state index contributed by atoms with van der Waals surface area (Å²) in [4.78, 5) is 21.9. The van der Waals surface area contributed by atoms with Crippen molar-refractivity contribution >= 4 is 20.9 Å². The van der Waals surface area contributed by atoms with Crippen molar-refractivity contribution in [2.24, 2.45) is 0 Å². The highest BCUT2D eigenvalue weighted by Crippen LogP contribution is 2.22. The number of fused-ring (bicyclic) bond motifs is 1. The monoisotopic (exact) mass is 484 g/mol. The molecule has 0 saturated carbocycles. The van der Waals surface area contributed by atoms with Gasteiger partial charge in [-0.05, 0) is 43.3 Å². The number of nitrogens with zero attached hydrogens (tertiary/aromatic N) is 3. The summed E-state index contributed by atoms with van der Waals surface area (Å²) in [6, 6.07) is 8.21. The second kappa shape index (κ2) is 9.87. The molecule has 0 radical (unpaired) electrons. The number of ether oxygens (including phenoxy) is 1. The van der Waals surface area contributed by atoms with Gasteiger partial charge in [-0.2, -0.15) is 13.2 Å². The lowest BCUT2D eigenvalue weighted by atomic mass is 10.2. The molecule has 0 spiro atoms. The van der Waals surface area contributed by atoms with Crippen molar-refractivity contribution in [1.29, 1.82) is 0 Å². The Hall–Kier alpha value is -2.99. The zero-order chi connectivity index (χ0) is 24.2. The molecule has 8 nitrogen and oxygen atoms in total. The molecule has 1 atom stereocenters. The molecule has 0 saturated heterocycles. The Morgan fingerprint density at radius 2 is 1.88 bits per heavy atom. The highest BCUT2D eigenvalue weighted by Gasteiger charge is 2.28. The zero-order valence-electron chi connectivity index (χ0n) is 18.0. The molecule has 1 N–H and O–H groups in total. The Balaban J connectivity index is 1.97. The van der Waals surface area contributed by atoms with Gasteiger partial charge in [-0.15, -0.1) is 0 Å². The van der Waals surface area contributed by atoms with E-state index in [0.29, 0.717) is 5.69 Å². The smallest absolute Gasteiger partial charge is 0.422 e. The molecule has 0 bridgehead atoms. The lowest BCUT2D eigenvalue weighted by molar-refractivity contribution is -0.153. The number of aromatic nitrogens is 3. The van der Waals surface area contributed by atoms with Crippen molar-refractivity contribution < 1.29 is 26.3 Å². The molecule has 3 aromatic rings. The number of rotatable bonds is 9. The fourth-order valence-electron chi connectivity index (χ4n) is 3.10. The summed E-state index contributed by atoms with van der Waals surface area (Å²) in [6.07, 6.45) is -2.97. The lowest BCUT2D eigenvalue weighted by Gasteiger charge is -2.19. The Morgan fingerprint density at radius 1 is 1.18 bits per heavy atom. The third-order valence-corrected chi connectivity index (χ3v) is 6.56. The first-order chi connectivity index (χ1) is 15.5. The Morgan fingerprint density at radius 3 is 2.52 bits per heavy atom. The van der Waals surface area contributed by atoms with Crippen molar-refractivity contribution in [3.05, 3.63) is 58.8 Å². The first-order valence-electron chi connectivity index (χ1n) is 10.1. The number of benzene rings is 1. The molecular formula is C21H23F3N4O4S. The van der Waals surface area contributed by atoms with Crippen molar-refractivity contribution in [1.82, 2.24) is 19.9 Å². The number of nitrogens with one attached hydrogen (secondary N) is 1. The predicted molar refractivity (Wildman–Crippen MR) is 117 cm³/mol. The number of hydrogen-bond acceptors (Lipinski definition) is 7. The van der Waals surface area contributed by atoms with Gasteiger partial charge >= 0.3 is 6.18 Å². The number of pyridine rings is 1. The minimum absolute atomic E-state index is 0.00275. The van der Waals surface area contributed by atoms with Gasteiger partial charge in [0.15, 0.2) is 22.1 Å². The third-order valence-electron chi connectivity index (χ3n) is 4.86. The molecular weight excluding hydrogens is 461 g/mol. The van der Waals surface area contributed by atoms with Crippen LogP contribution in [0.15, 0.2) is 47.4 Å². The number of sulfone groups is 1. The van der Waals surface area contributed by atoms with Crippen molar-refractivity contribution in [2.45, 2.75) is 26.1 Å². The van der Waals surface area contributed by atoms with Crippen LogP contribution in [0.1, 0.15) is 25.7 Å². The highest BCUT2D eigenvalue weighted by atomic mass is 32.2. The van der Waals surface area contributed by atoms with Gasteiger partial charge in [0, 0.05) is 18.5 Å². The minimum atomic E-state index is -4.47. The van der Waals surface area contributed by atoms with E-state index < -0.39 is 34.2 Å². The highest BCUT2D eigenvalue weighted by molar-refractivity contribution is 7.91. The minimum Gasteiger partial charge on any atom is -0.484 e. The standard InChI is InChI=1S/C21H23F3N4O4S/c1-3-33(30,31)12-11-25-14(2)19-27-18-17(5-4-10-26-18)20(29)28(19)15-6-8-16(9-7-15)32-13-21(22,23)24/h4-10,14,25H,3,11-13H2,1-2H3. The van der Waals surface area contributed by atoms with E-state index in [1.54, 1.807) is 26.0 Å². The van der Waals surface area contributed by atoms with Gasteiger partial charge < -0.3 is 10.1 Å². The second-order valence-electron chi connectivity index (χ2n) is 7.30. The maximum absolute atomic E-state index is 13.3. The molecule has 0 aliphatic heterocycles. The van der Waals surface area contributed by atoms with E-state index in [4.69, 9.17) is 4.74 Å². The molecule has 33 heavy (non-hydrogen) atoms. The SMILES string of the molecule is CCS(=O)(=O)CCNC(C)c1nc2ncccc2c(=O)n1-c1ccc(OCC(F)(F)F)cc1. The van der Waals surface area contributed by atoms with Crippen LogP contribution >= 0.6 is 0 Å². The van der Waals surface area contributed by atoms with Crippen LogP contribution in [-0.4, -0.2) is 53.8 Å². The fourth-order valence-corrected chi connectivity index (χ4v) is 3.82. The van der Waals surface area contributed by atoms with Gasteiger partial charge in [0.05, 0.1) is 22.9 Å². The fraction of sp³-hybridized carbons (Fsp3) is 0.381. The molecule has 0 aliphatic rings. The predicted octanol–water partition coefficient (Wildman–Crippen LogP) is 2.81. The van der Waals surface area contributed by atoms with E-state index in [1.165, 1.54) is 35.0 Å².